The van der Waals surface area contributed by atoms with Crippen LogP contribution in [-0.4, -0.2) is 16.8 Å². The molecular weight excluding hydrogens is 226 g/mol. The third-order valence-electron chi connectivity index (χ3n) is 1.90. The molecule has 0 radical (unpaired) electrons. The van der Waals surface area contributed by atoms with Crippen LogP contribution in [0, 0.1) is 0 Å². The number of carbonyl (C=O) groups is 1. The highest BCUT2D eigenvalue weighted by atomic mass is 35.5. The molecule has 0 aliphatic carbocycles. The zero-order valence-electron chi connectivity index (χ0n) is 7.71. The molecule has 0 aliphatic heterocycles. The minimum Gasteiger partial charge on any atom is -0.507 e. The Balaban J connectivity index is 2.98. The van der Waals surface area contributed by atoms with E-state index in [1.807, 2.05) is 0 Å². The molecule has 1 aromatic carbocycles. The van der Waals surface area contributed by atoms with Crippen LogP contribution in [0.1, 0.15) is 28.8 Å². The second kappa shape index (κ2) is 5.07. The maximum atomic E-state index is 12.2. The molecular formula is C10H9ClF2O2. The Morgan fingerprint density at radius 2 is 2.13 bits per heavy atom. The van der Waals surface area contributed by atoms with Gasteiger partial charge in [0.15, 0.2) is 5.78 Å². The van der Waals surface area contributed by atoms with E-state index in [2.05, 4.69) is 0 Å². The van der Waals surface area contributed by atoms with E-state index in [9.17, 15) is 18.7 Å². The van der Waals surface area contributed by atoms with E-state index < -0.39 is 12.2 Å². The van der Waals surface area contributed by atoms with Gasteiger partial charge in [-0.15, -0.1) is 11.6 Å². The number of halogens is 3. The predicted molar refractivity (Wildman–Crippen MR) is 52.7 cm³/mol. The van der Waals surface area contributed by atoms with Crippen molar-refractivity contribution >= 4 is 17.4 Å². The molecule has 1 N–H and O–H groups in total. The molecule has 0 atom stereocenters. The van der Waals surface area contributed by atoms with Crippen molar-refractivity contribution in [1.29, 1.82) is 0 Å². The topological polar surface area (TPSA) is 37.3 Å². The molecule has 0 heterocycles. The molecule has 0 aliphatic rings. The van der Waals surface area contributed by atoms with Crippen molar-refractivity contribution < 1.29 is 18.7 Å². The highest BCUT2D eigenvalue weighted by molar-refractivity contribution is 6.19. The van der Waals surface area contributed by atoms with Gasteiger partial charge in [-0.2, -0.15) is 0 Å². The molecule has 0 bridgehead atoms. The van der Waals surface area contributed by atoms with Crippen LogP contribution in [0.15, 0.2) is 18.2 Å². The van der Waals surface area contributed by atoms with Crippen molar-refractivity contribution in [2.75, 3.05) is 5.88 Å². The number of rotatable bonds is 4. The number of phenols is 1. The normalized spacial score (nSPS) is 10.7. The third kappa shape index (κ3) is 2.89. The van der Waals surface area contributed by atoms with Gasteiger partial charge in [-0.1, -0.05) is 6.07 Å². The smallest absolute Gasteiger partial charge is 0.263 e. The maximum Gasteiger partial charge on any atom is 0.263 e. The average Bonchev–Trinajstić information content (AvgIpc) is 2.17. The number of hydrogen-bond donors (Lipinski definition) is 1. The molecule has 15 heavy (non-hydrogen) atoms. The summed E-state index contributed by atoms with van der Waals surface area (Å²) in [5, 5.41) is 9.34. The summed E-state index contributed by atoms with van der Waals surface area (Å²) in [5.74, 6) is -0.652. The highest BCUT2D eigenvalue weighted by Gasteiger charge is 2.14. The first kappa shape index (κ1) is 11.9. The molecule has 1 rings (SSSR count). The van der Waals surface area contributed by atoms with E-state index in [1.54, 1.807) is 0 Å². The molecule has 0 unspecified atom stereocenters. The van der Waals surface area contributed by atoms with Crippen LogP contribution in [0.25, 0.3) is 0 Å². The second-order valence-electron chi connectivity index (χ2n) is 2.94. The standard InChI is InChI=1S/C10H9ClF2O2/c11-4-3-8(14)7-2-1-6(10(12)13)5-9(7)15/h1-2,5,10,15H,3-4H2. The van der Waals surface area contributed by atoms with Crippen LogP contribution in [0.2, 0.25) is 0 Å². The van der Waals surface area contributed by atoms with E-state index in [0.29, 0.717) is 0 Å². The molecule has 0 amide bonds. The zero-order valence-corrected chi connectivity index (χ0v) is 8.47. The van der Waals surface area contributed by atoms with Crippen LogP contribution >= 0.6 is 11.6 Å². The summed E-state index contributed by atoms with van der Waals surface area (Å²) in [6, 6.07) is 3.20. The summed E-state index contributed by atoms with van der Waals surface area (Å²) in [6.07, 6.45) is -2.59. The molecule has 5 heteroatoms. The first-order valence-electron chi connectivity index (χ1n) is 4.26. The number of hydrogen-bond acceptors (Lipinski definition) is 2. The van der Waals surface area contributed by atoms with Crippen LogP contribution < -0.4 is 0 Å². The van der Waals surface area contributed by atoms with Crippen LogP contribution in [0.4, 0.5) is 8.78 Å². The Morgan fingerprint density at radius 3 is 2.60 bits per heavy atom. The Bertz CT molecular complexity index is 366. The summed E-state index contributed by atoms with van der Waals surface area (Å²) >= 11 is 5.36. The lowest BCUT2D eigenvalue weighted by Gasteiger charge is -2.05. The summed E-state index contributed by atoms with van der Waals surface area (Å²) in [6.45, 7) is 0. The maximum absolute atomic E-state index is 12.2. The molecule has 0 saturated carbocycles. The summed E-state index contributed by atoms with van der Waals surface area (Å²) in [5.41, 5.74) is -0.282. The van der Waals surface area contributed by atoms with Crippen LogP contribution in [0.5, 0.6) is 5.75 Å². The minimum atomic E-state index is -2.66. The highest BCUT2D eigenvalue weighted by Crippen LogP contribution is 2.26. The van der Waals surface area contributed by atoms with Gasteiger partial charge in [0.25, 0.3) is 6.43 Å². The van der Waals surface area contributed by atoms with E-state index in [-0.39, 0.29) is 29.2 Å². The molecule has 0 fully saturated rings. The summed E-state index contributed by atoms with van der Waals surface area (Å²) in [7, 11) is 0. The summed E-state index contributed by atoms with van der Waals surface area (Å²) < 4.78 is 24.4. The van der Waals surface area contributed by atoms with Gasteiger partial charge in [0.2, 0.25) is 0 Å². The second-order valence-corrected chi connectivity index (χ2v) is 3.32. The van der Waals surface area contributed by atoms with Gasteiger partial charge >= 0.3 is 0 Å². The number of Topliss-reactive ketones (excluding diaryl/α,β-unsaturated/α-hetero) is 1. The first-order valence-corrected chi connectivity index (χ1v) is 4.80. The van der Waals surface area contributed by atoms with E-state index in [1.165, 1.54) is 6.07 Å². The fourth-order valence-corrected chi connectivity index (χ4v) is 1.31. The number of carbonyl (C=O) groups excluding carboxylic acids is 1. The Labute approximate surface area is 90.5 Å². The lowest BCUT2D eigenvalue weighted by molar-refractivity contribution is 0.0986. The van der Waals surface area contributed by atoms with Crippen LogP contribution in [0.3, 0.4) is 0 Å². The van der Waals surface area contributed by atoms with Gasteiger partial charge < -0.3 is 5.11 Å². The Kier molecular flexibility index (Phi) is 4.03. The van der Waals surface area contributed by atoms with Crippen molar-refractivity contribution in [3.05, 3.63) is 29.3 Å². The van der Waals surface area contributed by atoms with E-state index in [4.69, 9.17) is 11.6 Å². The molecule has 0 saturated heterocycles. The van der Waals surface area contributed by atoms with Gasteiger partial charge in [-0.25, -0.2) is 8.78 Å². The SMILES string of the molecule is O=C(CCCl)c1ccc(C(F)F)cc1O. The molecule has 1 aromatic rings. The van der Waals surface area contributed by atoms with Gasteiger partial charge in [-0.3, -0.25) is 4.79 Å². The monoisotopic (exact) mass is 234 g/mol. The molecule has 2 nitrogen and oxygen atoms in total. The van der Waals surface area contributed by atoms with Gasteiger partial charge in [0.1, 0.15) is 5.75 Å². The van der Waals surface area contributed by atoms with Gasteiger partial charge in [-0.05, 0) is 12.1 Å². The van der Waals surface area contributed by atoms with E-state index >= 15 is 0 Å². The fraction of sp³-hybridized carbons (Fsp3) is 0.300. The molecule has 0 aromatic heterocycles. The van der Waals surface area contributed by atoms with Crippen LogP contribution in [-0.2, 0) is 0 Å². The number of aromatic hydroxyl groups is 1. The van der Waals surface area contributed by atoms with Crippen molar-refractivity contribution in [2.24, 2.45) is 0 Å². The largest absolute Gasteiger partial charge is 0.507 e. The fourth-order valence-electron chi connectivity index (χ4n) is 1.14. The van der Waals surface area contributed by atoms with Gasteiger partial charge in [0, 0.05) is 17.9 Å². The quantitative estimate of drug-likeness (QED) is 0.642. The number of phenolic OH excluding ortho intramolecular Hbond substituents is 1. The van der Waals surface area contributed by atoms with E-state index in [0.717, 1.165) is 12.1 Å². The third-order valence-corrected chi connectivity index (χ3v) is 2.08. The predicted octanol–water partition coefficient (Wildman–Crippen LogP) is 3.14. The number of ketones is 1. The number of benzene rings is 1. The summed E-state index contributed by atoms with van der Waals surface area (Å²) in [4.78, 5) is 11.3. The lowest BCUT2D eigenvalue weighted by Crippen LogP contribution is -2.00. The minimum absolute atomic E-state index is 0.0278. The Morgan fingerprint density at radius 1 is 1.47 bits per heavy atom. The van der Waals surface area contributed by atoms with Crippen molar-refractivity contribution in [2.45, 2.75) is 12.8 Å². The molecule has 82 valence electrons. The van der Waals surface area contributed by atoms with Crippen molar-refractivity contribution in [3.63, 3.8) is 0 Å². The first-order chi connectivity index (χ1) is 7.06. The average molecular weight is 235 g/mol. The van der Waals surface area contributed by atoms with Gasteiger partial charge in [0.05, 0.1) is 5.56 Å². The Hall–Kier alpha value is -1.16. The van der Waals surface area contributed by atoms with Crippen molar-refractivity contribution in [1.82, 2.24) is 0 Å². The number of alkyl halides is 3. The zero-order chi connectivity index (χ0) is 11.4. The molecule has 0 spiro atoms. The van der Waals surface area contributed by atoms with Crippen molar-refractivity contribution in [3.8, 4) is 5.75 Å². The lowest BCUT2D eigenvalue weighted by atomic mass is 10.1.